The smallest absolute Gasteiger partial charge is 0.0564 e. The molecule has 0 amide bonds. The van der Waals surface area contributed by atoms with Crippen molar-refractivity contribution in [1.82, 2.24) is 9.78 Å². The normalized spacial score (nSPS) is 24.2. The molecule has 0 aromatic carbocycles. The second-order valence-electron chi connectivity index (χ2n) is 5.34. The van der Waals surface area contributed by atoms with Crippen LogP contribution < -0.4 is 0 Å². The highest BCUT2D eigenvalue weighted by Gasteiger charge is 2.28. The average molecular weight is 239 g/mol. The maximum absolute atomic E-state index is 6.28. The monoisotopic (exact) mass is 238 g/mol. The summed E-state index contributed by atoms with van der Waals surface area (Å²) in [6.07, 6.45) is 8.38. The van der Waals surface area contributed by atoms with Gasteiger partial charge in [0, 0.05) is 18.3 Å². The summed E-state index contributed by atoms with van der Waals surface area (Å²) < 4.78 is 1.96. The summed E-state index contributed by atoms with van der Waals surface area (Å²) in [6, 6.07) is 0. The van der Waals surface area contributed by atoms with Crippen molar-refractivity contribution >= 4 is 17.2 Å². The number of aryl methyl sites for hydroxylation is 1. The second-order valence-corrected chi connectivity index (χ2v) is 5.90. The Morgan fingerprint density at radius 1 is 1.56 bits per heavy atom. The number of rotatable bonds is 2. The minimum absolute atomic E-state index is 0.156. The van der Waals surface area contributed by atoms with E-state index in [-0.39, 0.29) is 5.38 Å². The summed E-state index contributed by atoms with van der Waals surface area (Å²) in [5.41, 5.74) is 2.86. The van der Waals surface area contributed by atoms with Crippen molar-refractivity contribution in [3.8, 4) is 0 Å². The Morgan fingerprint density at radius 3 is 2.88 bits per heavy atom. The van der Waals surface area contributed by atoms with Gasteiger partial charge in [-0.2, -0.15) is 5.10 Å². The van der Waals surface area contributed by atoms with Crippen molar-refractivity contribution in [1.29, 1.82) is 0 Å². The minimum atomic E-state index is 0.156. The van der Waals surface area contributed by atoms with Crippen LogP contribution in [0, 0.1) is 5.41 Å². The number of allylic oxidation sites excluding steroid dienone is 2. The number of halogens is 1. The fourth-order valence-corrected chi connectivity index (χ4v) is 2.92. The summed E-state index contributed by atoms with van der Waals surface area (Å²) in [5.74, 6) is 0. The second kappa shape index (κ2) is 4.25. The molecule has 1 aliphatic carbocycles. The molecule has 1 aromatic rings. The van der Waals surface area contributed by atoms with Crippen LogP contribution in [0.15, 0.2) is 18.5 Å². The van der Waals surface area contributed by atoms with Crippen LogP contribution in [0.5, 0.6) is 0 Å². The summed E-state index contributed by atoms with van der Waals surface area (Å²) in [7, 11) is 0. The summed E-state index contributed by atoms with van der Waals surface area (Å²) in [4.78, 5) is 0. The van der Waals surface area contributed by atoms with Crippen molar-refractivity contribution < 1.29 is 0 Å². The molecule has 0 fully saturated rings. The molecule has 2 nitrogen and oxygen atoms in total. The third-order valence-corrected chi connectivity index (χ3v) is 3.41. The largest absolute Gasteiger partial charge is 0.272 e. The van der Waals surface area contributed by atoms with Gasteiger partial charge >= 0.3 is 0 Å². The minimum Gasteiger partial charge on any atom is -0.272 e. The molecule has 0 saturated heterocycles. The standard InChI is InChI=1S/C13H19ClN2/c1-4-16-9-11(8-15-16)10-5-12(14)7-13(2,3)6-10/h5,8-9,12H,4,6-7H2,1-3H3. The van der Waals surface area contributed by atoms with Gasteiger partial charge in [-0.3, -0.25) is 4.68 Å². The average Bonchev–Trinajstić information content (AvgIpc) is 2.62. The molecule has 88 valence electrons. The molecule has 0 radical (unpaired) electrons. The Morgan fingerprint density at radius 2 is 2.31 bits per heavy atom. The molecule has 0 saturated carbocycles. The third-order valence-electron chi connectivity index (χ3n) is 3.13. The first-order valence-electron chi connectivity index (χ1n) is 5.88. The molecule has 0 spiro atoms. The van der Waals surface area contributed by atoms with E-state index >= 15 is 0 Å². The Kier molecular flexibility index (Phi) is 3.11. The quantitative estimate of drug-likeness (QED) is 0.719. The first-order valence-corrected chi connectivity index (χ1v) is 6.31. The van der Waals surface area contributed by atoms with Crippen molar-refractivity contribution in [3.05, 3.63) is 24.0 Å². The van der Waals surface area contributed by atoms with Crippen LogP contribution in [-0.2, 0) is 6.54 Å². The molecule has 2 rings (SSSR count). The zero-order valence-corrected chi connectivity index (χ0v) is 11.0. The molecule has 1 aliphatic rings. The van der Waals surface area contributed by atoms with E-state index in [4.69, 9.17) is 11.6 Å². The van der Waals surface area contributed by atoms with E-state index < -0.39 is 0 Å². The van der Waals surface area contributed by atoms with Crippen LogP contribution in [0.2, 0.25) is 0 Å². The van der Waals surface area contributed by atoms with Crippen molar-refractivity contribution in [3.63, 3.8) is 0 Å². The zero-order valence-electron chi connectivity index (χ0n) is 10.2. The summed E-state index contributed by atoms with van der Waals surface area (Å²) >= 11 is 6.28. The predicted octanol–water partition coefficient (Wildman–Crippen LogP) is 3.71. The van der Waals surface area contributed by atoms with Crippen LogP contribution in [-0.4, -0.2) is 15.2 Å². The molecular formula is C13H19ClN2. The maximum atomic E-state index is 6.28. The van der Waals surface area contributed by atoms with E-state index in [1.807, 2.05) is 10.9 Å². The van der Waals surface area contributed by atoms with Crippen LogP contribution in [0.4, 0.5) is 0 Å². The van der Waals surface area contributed by atoms with Crippen LogP contribution in [0.1, 0.15) is 39.2 Å². The molecule has 1 aromatic heterocycles. The van der Waals surface area contributed by atoms with Gasteiger partial charge in [0.05, 0.1) is 11.6 Å². The lowest BCUT2D eigenvalue weighted by Gasteiger charge is -2.32. The van der Waals surface area contributed by atoms with Gasteiger partial charge in [-0.1, -0.05) is 19.9 Å². The highest BCUT2D eigenvalue weighted by atomic mass is 35.5. The summed E-state index contributed by atoms with van der Waals surface area (Å²) in [5, 5.41) is 4.47. The van der Waals surface area contributed by atoms with Crippen LogP contribution in [0.3, 0.4) is 0 Å². The zero-order chi connectivity index (χ0) is 11.8. The number of hydrogen-bond donors (Lipinski definition) is 0. The number of alkyl halides is 1. The van der Waals surface area contributed by atoms with E-state index in [1.165, 1.54) is 11.1 Å². The lowest BCUT2D eigenvalue weighted by Crippen LogP contribution is -2.21. The Labute approximate surface area is 102 Å². The van der Waals surface area contributed by atoms with Crippen molar-refractivity contribution in [2.24, 2.45) is 5.41 Å². The molecule has 0 N–H and O–H groups in total. The number of nitrogens with zero attached hydrogens (tertiary/aromatic N) is 2. The van der Waals surface area contributed by atoms with E-state index in [0.717, 1.165) is 19.4 Å². The van der Waals surface area contributed by atoms with Crippen LogP contribution in [0.25, 0.3) is 5.57 Å². The lowest BCUT2D eigenvalue weighted by atomic mass is 9.76. The molecule has 0 aliphatic heterocycles. The maximum Gasteiger partial charge on any atom is 0.0564 e. The van der Waals surface area contributed by atoms with Gasteiger partial charge in [-0.15, -0.1) is 11.6 Å². The van der Waals surface area contributed by atoms with E-state index in [1.54, 1.807) is 0 Å². The van der Waals surface area contributed by atoms with Crippen LogP contribution >= 0.6 is 11.6 Å². The van der Waals surface area contributed by atoms with Gasteiger partial charge in [-0.05, 0) is 30.8 Å². The third kappa shape index (κ3) is 2.49. The SMILES string of the molecule is CCn1cc(C2=CC(Cl)CC(C)(C)C2)cn1. The molecule has 1 atom stereocenters. The Bertz CT molecular complexity index is 404. The molecule has 3 heteroatoms. The van der Waals surface area contributed by atoms with Crippen molar-refractivity contribution in [2.45, 2.75) is 45.5 Å². The first kappa shape index (κ1) is 11.7. The highest BCUT2D eigenvalue weighted by Crippen LogP contribution is 2.40. The Balaban J connectivity index is 2.26. The molecule has 1 unspecified atom stereocenters. The van der Waals surface area contributed by atoms with E-state index in [0.29, 0.717) is 5.41 Å². The number of aromatic nitrogens is 2. The predicted molar refractivity (Wildman–Crippen MR) is 68.5 cm³/mol. The topological polar surface area (TPSA) is 17.8 Å². The summed E-state index contributed by atoms with van der Waals surface area (Å²) in [6.45, 7) is 7.57. The van der Waals surface area contributed by atoms with Gasteiger partial charge in [0.2, 0.25) is 0 Å². The molecular weight excluding hydrogens is 220 g/mol. The fourth-order valence-electron chi connectivity index (χ4n) is 2.35. The molecule has 16 heavy (non-hydrogen) atoms. The van der Waals surface area contributed by atoms with Gasteiger partial charge in [-0.25, -0.2) is 0 Å². The lowest BCUT2D eigenvalue weighted by molar-refractivity contribution is 0.340. The molecule has 0 bridgehead atoms. The Hall–Kier alpha value is -0.760. The highest BCUT2D eigenvalue weighted by molar-refractivity contribution is 6.22. The van der Waals surface area contributed by atoms with Gasteiger partial charge < -0.3 is 0 Å². The fraction of sp³-hybridized carbons (Fsp3) is 0.615. The van der Waals surface area contributed by atoms with Crippen molar-refractivity contribution in [2.75, 3.05) is 0 Å². The molecule has 1 heterocycles. The van der Waals surface area contributed by atoms with Gasteiger partial charge in [0.1, 0.15) is 0 Å². The van der Waals surface area contributed by atoms with Gasteiger partial charge in [0.15, 0.2) is 0 Å². The first-order chi connectivity index (χ1) is 7.50. The number of hydrogen-bond acceptors (Lipinski definition) is 1. The van der Waals surface area contributed by atoms with E-state index in [2.05, 4.69) is 38.1 Å². The van der Waals surface area contributed by atoms with E-state index in [9.17, 15) is 0 Å². The van der Waals surface area contributed by atoms with Gasteiger partial charge in [0.25, 0.3) is 0 Å².